The molecule has 0 amide bonds. The first-order valence-corrected chi connectivity index (χ1v) is 9.50. The summed E-state index contributed by atoms with van der Waals surface area (Å²) in [6.07, 6.45) is 9.05. The van der Waals surface area contributed by atoms with Gasteiger partial charge in [-0.1, -0.05) is 33.1 Å². The molecule has 1 saturated carbocycles. The number of nitrogens with zero attached hydrogens (tertiary/aromatic N) is 5. The fourth-order valence-corrected chi connectivity index (χ4v) is 3.93. The predicted molar refractivity (Wildman–Crippen MR) is 93.8 cm³/mol. The molecule has 3 rings (SSSR count). The van der Waals surface area contributed by atoms with E-state index in [4.69, 9.17) is 4.98 Å². The Morgan fingerprint density at radius 1 is 0.870 bits per heavy atom. The fraction of sp³-hybridized carbons (Fsp3) is 0.833. The summed E-state index contributed by atoms with van der Waals surface area (Å²) in [6, 6.07) is 0. The first-order valence-electron chi connectivity index (χ1n) is 9.50. The molecule has 0 bridgehead atoms. The molecule has 0 aromatic carbocycles. The second kappa shape index (κ2) is 8.04. The second-order valence-corrected chi connectivity index (χ2v) is 7.00. The van der Waals surface area contributed by atoms with Crippen LogP contribution in [0.3, 0.4) is 0 Å². The van der Waals surface area contributed by atoms with Crippen LogP contribution in [-0.2, 0) is 12.8 Å². The minimum Gasteiger partial charge on any atom is -0.337 e. The van der Waals surface area contributed by atoms with Gasteiger partial charge in [-0.2, -0.15) is 5.10 Å². The number of hydrogen-bond donors (Lipinski definition) is 0. The molecule has 1 saturated heterocycles. The summed E-state index contributed by atoms with van der Waals surface area (Å²) in [5, 5.41) is 8.76. The van der Waals surface area contributed by atoms with E-state index >= 15 is 0 Å². The monoisotopic (exact) mass is 317 g/mol. The molecule has 5 nitrogen and oxygen atoms in total. The minimum atomic E-state index is 0.830. The van der Waals surface area contributed by atoms with Crippen molar-refractivity contribution >= 4 is 5.95 Å². The van der Waals surface area contributed by atoms with Gasteiger partial charge in [0.05, 0.1) is 11.4 Å². The third kappa shape index (κ3) is 4.19. The number of aryl methyl sites for hydroxylation is 2. The third-order valence-electron chi connectivity index (χ3n) is 5.39. The van der Waals surface area contributed by atoms with E-state index in [9.17, 15) is 0 Å². The molecule has 1 aromatic heterocycles. The maximum absolute atomic E-state index is 4.76. The average Bonchev–Trinajstić information content (AvgIpc) is 2.62. The molecular formula is C18H31N5. The Balaban J connectivity index is 1.54. The van der Waals surface area contributed by atoms with E-state index in [0.717, 1.165) is 62.3 Å². The van der Waals surface area contributed by atoms with E-state index in [0.29, 0.717) is 0 Å². The van der Waals surface area contributed by atoms with E-state index in [1.165, 1.54) is 38.6 Å². The van der Waals surface area contributed by atoms with Crippen LogP contribution in [0.25, 0.3) is 0 Å². The lowest BCUT2D eigenvalue weighted by Gasteiger charge is -2.37. The van der Waals surface area contributed by atoms with Gasteiger partial charge in [-0.05, 0) is 31.6 Å². The number of anilines is 1. The fourth-order valence-electron chi connectivity index (χ4n) is 3.93. The smallest absolute Gasteiger partial charge is 0.245 e. The molecule has 1 aliphatic carbocycles. The summed E-state index contributed by atoms with van der Waals surface area (Å²) in [4.78, 5) is 9.71. The standard InChI is InChI=1S/C18H31N5/c1-3-16-17(4-2)20-21-18(19-16)23-12-10-22(11-13-23)14-15-8-6-5-7-9-15/h15H,3-14H2,1-2H3. The van der Waals surface area contributed by atoms with Crippen LogP contribution in [0.15, 0.2) is 0 Å². The van der Waals surface area contributed by atoms with Gasteiger partial charge in [0.15, 0.2) is 0 Å². The molecule has 0 atom stereocenters. The molecule has 1 aromatic rings. The zero-order valence-electron chi connectivity index (χ0n) is 14.8. The summed E-state index contributed by atoms with van der Waals surface area (Å²) >= 11 is 0. The Hall–Kier alpha value is -1.23. The van der Waals surface area contributed by atoms with E-state index in [1.54, 1.807) is 0 Å². The van der Waals surface area contributed by atoms with Crippen molar-refractivity contribution in [3.63, 3.8) is 0 Å². The Kier molecular flexibility index (Phi) is 5.81. The molecule has 23 heavy (non-hydrogen) atoms. The van der Waals surface area contributed by atoms with Crippen LogP contribution in [0, 0.1) is 5.92 Å². The molecule has 0 spiro atoms. The van der Waals surface area contributed by atoms with E-state index in [-0.39, 0.29) is 0 Å². The Bertz CT molecular complexity index is 490. The van der Waals surface area contributed by atoms with Crippen molar-refractivity contribution in [2.24, 2.45) is 5.92 Å². The molecular weight excluding hydrogens is 286 g/mol. The van der Waals surface area contributed by atoms with Crippen molar-refractivity contribution < 1.29 is 0 Å². The first-order chi connectivity index (χ1) is 11.3. The Morgan fingerprint density at radius 2 is 1.57 bits per heavy atom. The van der Waals surface area contributed by atoms with Crippen molar-refractivity contribution in [3.05, 3.63) is 11.4 Å². The van der Waals surface area contributed by atoms with Crippen LogP contribution in [0.1, 0.15) is 57.3 Å². The summed E-state index contributed by atoms with van der Waals surface area (Å²) in [7, 11) is 0. The van der Waals surface area contributed by atoms with E-state index in [1.807, 2.05) is 0 Å². The number of aromatic nitrogens is 3. The molecule has 0 unspecified atom stereocenters. The van der Waals surface area contributed by atoms with Crippen LogP contribution < -0.4 is 4.90 Å². The number of piperazine rings is 1. The average molecular weight is 317 g/mol. The van der Waals surface area contributed by atoms with Crippen LogP contribution in [0.5, 0.6) is 0 Å². The molecule has 0 N–H and O–H groups in total. The van der Waals surface area contributed by atoms with Crippen molar-refractivity contribution in [2.75, 3.05) is 37.6 Å². The van der Waals surface area contributed by atoms with Crippen molar-refractivity contribution in [1.29, 1.82) is 0 Å². The molecule has 2 heterocycles. The molecule has 2 aliphatic rings. The van der Waals surface area contributed by atoms with Crippen LogP contribution in [0.4, 0.5) is 5.95 Å². The van der Waals surface area contributed by atoms with Gasteiger partial charge >= 0.3 is 0 Å². The lowest BCUT2D eigenvalue weighted by Crippen LogP contribution is -2.48. The quantitative estimate of drug-likeness (QED) is 0.835. The highest BCUT2D eigenvalue weighted by Crippen LogP contribution is 2.25. The third-order valence-corrected chi connectivity index (χ3v) is 5.39. The highest BCUT2D eigenvalue weighted by Gasteiger charge is 2.23. The molecule has 128 valence electrons. The maximum atomic E-state index is 4.76. The largest absolute Gasteiger partial charge is 0.337 e. The topological polar surface area (TPSA) is 45.2 Å². The van der Waals surface area contributed by atoms with Gasteiger partial charge in [-0.15, -0.1) is 5.10 Å². The summed E-state index contributed by atoms with van der Waals surface area (Å²) in [5.74, 6) is 1.76. The van der Waals surface area contributed by atoms with Gasteiger partial charge in [-0.3, -0.25) is 4.90 Å². The van der Waals surface area contributed by atoms with Crippen LogP contribution in [0.2, 0.25) is 0 Å². The van der Waals surface area contributed by atoms with Gasteiger partial charge in [0.2, 0.25) is 5.95 Å². The molecule has 1 aliphatic heterocycles. The SMILES string of the molecule is CCc1nnc(N2CCN(CC3CCCCC3)CC2)nc1CC. The van der Waals surface area contributed by atoms with Gasteiger partial charge in [0.1, 0.15) is 0 Å². The summed E-state index contributed by atoms with van der Waals surface area (Å²) in [5.41, 5.74) is 2.16. The van der Waals surface area contributed by atoms with Gasteiger partial charge < -0.3 is 4.90 Å². The summed E-state index contributed by atoms with van der Waals surface area (Å²) < 4.78 is 0. The number of rotatable bonds is 5. The normalized spacial score (nSPS) is 20.9. The van der Waals surface area contributed by atoms with Gasteiger partial charge in [-0.25, -0.2) is 4.98 Å². The lowest BCUT2D eigenvalue weighted by atomic mass is 9.89. The zero-order valence-corrected chi connectivity index (χ0v) is 14.8. The highest BCUT2D eigenvalue weighted by atomic mass is 15.4. The zero-order chi connectivity index (χ0) is 16.1. The highest BCUT2D eigenvalue weighted by molar-refractivity contribution is 5.31. The molecule has 0 radical (unpaired) electrons. The van der Waals surface area contributed by atoms with E-state index in [2.05, 4.69) is 33.8 Å². The minimum absolute atomic E-state index is 0.830. The Morgan fingerprint density at radius 3 is 2.22 bits per heavy atom. The van der Waals surface area contributed by atoms with Crippen molar-refractivity contribution in [2.45, 2.75) is 58.8 Å². The Labute approximate surface area is 140 Å². The van der Waals surface area contributed by atoms with Gasteiger partial charge in [0, 0.05) is 32.7 Å². The van der Waals surface area contributed by atoms with Crippen LogP contribution in [-0.4, -0.2) is 52.8 Å². The first kappa shape index (κ1) is 16.6. The van der Waals surface area contributed by atoms with Crippen LogP contribution >= 0.6 is 0 Å². The molecule has 5 heteroatoms. The van der Waals surface area contributed by atoms with E-state index < -0.39 is 0 Å². The predicted octanol–water partition coefficient (Wildman–Crippen LogP) is 2.70. The van der Waals surface area contributed by atoms with Crippen molar-refractivity contribution in [1.82, 2.24) is 20.1 Å². The maximum Gasteiger partial charge on any atom is 0.245 e. The lowest BCUT2D eigenvalue weighted by molar-refractivity contribution is 0.191. The second-order valence-electron chi connectivity index (χ2n) is 7.00. The van der Waals surface area contributed by atoms with Crippen molar-refractivity contribution in [3.8, 4) is 0 Å². The summed E-state index contributed by atoms with van der Waals surface area (Å²) in [6.45, 7) is 9.89. The van der Waals surface area contributed by atoms with Gasteiger partial charge in [0.25, 0.3) is 0 Å². The molecule has 2 fully saturated rings. The number of hydrogen-bond acceptors (Lipinski definition) is 5.